The Hall–Kier alpha value is -6.84. The number of esters is 12. The second kappa shape index (κ2) is 81.6. The van der Waals surface area contributed by atoms with Gasteiger partial charge in [-0.15, -0.1) is 0 Å². The number of unbranched alkanes of at least 4 members (excludes halogenated alkanes) is 6. The number of cyclic esters (lactones) is 8. The lowest BCUT2D eigenvalue weighted by Crippen LogP contribution is -2.31. The topological polar surface area (TPSA) is 441 Å². The van der Waals surface area contributed by atoms with Gasteiger partial charge in [-0.05, 0) is 116 Å². The molecule has 0 aromatic rings. The molecular weight excluding hydrogens is 1640 g/mol. The van der Waals surface area contributed by atoms with Gasteiger partial charge in [-0.3, -0.25) is 57.5 Å². The van der Waals surface area contributed by atoms with Crippen molar-refractivity contribution in [1.82, 2.24) is 14.7 Å². The lowest BCUT2D eigenvalue weighted by molar-refractivity contribution is -0.158. The van der Waals surface area contributed by atoms with Crippen LogP contribution in [0.1, 0.15) is 228 Å². The maximum Gasteiger partial charge on any atom is 0.309 e. The van der Waals surface area contributed by atoms with Crippen LogP contribution in [-0.2, 0) is 143 Å². The SMILES string of the molecule is CCCCCC1CCCC(C)C(=O)OCCOCCOC(=O)CCN(CCCCO)CCC(=O)OCCOCCOC(=O)C(CCC)CC(C(=O)OCCOCCOC(=O)CCN(CCCCO)CCC(=O)OCCOCCOC(=O)C(CCC)CCCC)CC(CC)C(=O)OCCOCCOC(=O)CCN(CCCCO)CCC(=O)OCCOCCOC1=O. The van der Waals surface area contributed by atoms with Crippen molar-refractivity contribution in [3.8, 4) is 0 Å². The molecule has 0 radical (unpaired) electrons. The molecule has 0 saturated carbocycles. The molecule has 36 heteroatoms. The molecule has 125 heavy (non-hydrogen) atoms. The van der Waals surface area contributed by atoms with E-state index in [0.717, 1.165) is 51.4 Å². The van der Waals surface area contributed by atoms with Crippen molar-refractivity contribution in [3.63, 3.8) is 0 Å². The van der Waals surface area contributed by atoms with E-state index >= 15 is 0 Å². The van der Waals surface area contributed by atoms with Crippen LogP contribution < -0.4 is 0 Å². The van der Waals surface area contributed by atoms with E-state index in [1.165, 1.54) is 0 Å². The van der Waals surface area contributed by atoms with Crippen LogP contribution in [0.2, 0.25) is 0 Å². The summed E-state index contributed by atoms with van der Waals surface area (Å²) in [4.78, 5) is 163. The minimum atomic E-state index is -1.00. The van der Waals surface area contributed by atoms with Gasteiger partial charge in [-0.2, -0.15) is 0 Å². The fourth-order valence-electron chi connectivity index (χ4n) is 13.2. The maximum atomic E-state index is 14.1. The molecule has 0 spiro atoms. The maximum absolute atomic E-state index is 14.1. The Morgan fingerprint density at radius 1 is 0.392 bits per heavy atom. The molecule has 3 N–H and O–H groups in total. The first-order chi connectivity index (χ1) is 60.7. The van der Waals surface area contributed by atoms with E-state index in [0.29, 0.717) is 103 Å². The third kappa shape index (κ3) is 66.2. The number of hydrogen-bond donors (Lipinski definition) is 3. The molecule has 0 aromatic carbocycles. The third-order valence-corrected chi connectivity index (χ3v) is 20.4. The van der Waals surface area contributed by atoms with Crippen molar-refractivity contribution in [2.24, 2.45) is 35.5 Å². The molecular formula is C89H157N3O33. The zero-order valence-electron chi connectivity index (χ0n) is 76.4. The summed E-state index contributed by atoms with van der Waals surface area (Å²) in [6, 6.07) is 0. The smallest absolute Gasteiger partial charge is 0.309 e. The van der Waals surface area contributed by atoms with Gasteiger partial charge in [0.25, 0.3) is 0 Å². The quantitative estimate of drug-likeness (QED) is 0.0300. The van der Waals surface area contributed by atoms with Gasteiger partial charge in [0.2, 0.25) is 0 Å². The Kier molecular flexibility index (Phi) is 75.9. The summed E-state index contributed by atoms with van der Waals surface area (Å²) in [5.41, 5.74) is 0. The first-order valence-corrected chi connectivity index (χ1v) is 46.1. The molecule has 6 atom stereocenters. The van der Waals surface area contributed by atoms with Crippen molar-refractivity contribution in [2.75, 3.05) is 237 Å². The van der Waals surface area contributed by atoms with E-state index in [4.69, 9.17) is 85.3 Å². The minimum Gasteiger partial charge on any atom is -0.463 e. The van der Waals surface area contributed by atoms with Crippen LogP contribution in [0.5, 0.6) is 0 Å². The lowest BCUT2D eigenvalue weighted by atomic mass is 9.84. The monoisotopic (exact) mass is 1800 g/mol. The van der Waals surface area contributed by atoms with Crippen molar-refractivity contribution < 1.29 is 158 Å². The van der Waals surface area contributed by atoms with Gasteiger partial charge in [-0.25, -0.2) is 0 Å². The van der Waals surface area contributed by atoms with Gasteiger partial charge in [0.05, 0.1) is 153 Å². The lowest BCUT2D eigenvalue weighted by Gasteiger charge is -2.24. The number of aliphatic hydroxyl groups excluding tert-OH is 3. The predicted octanol–water partition coefficient (Wildman–Crippen LogP) is 7.63. The molecule has 36 nitrogen and oxygen atoms in total. The second-order valence-electron chi connectivity index (χ2n) is 30.7. The van der Waals surface area contributed by atoms with Gasteiger partial charge in [0.15, 0.2) is 0 Å². The first kappa shape index (κ1) is 116. The number of carbonyl (C=O) groups excluding carboxylic acids is 12. The normalized spacial score (nSPS) is 20.4. The summed E-state index contributed by atoms with van der Waals surface area (Å²) < 4.78 is 99.2. The molecule has 1 fully saturated rings. The van der Waals surface area contributed by atoms with Crippen LogP contribution >= 0.6 is 0 Å². The zero-order chi connectivity index (χ0) is 91.8. The van der Waals surface area contributed by atoms with Crippen LogP contribution in [0.25, 0.3) is 0 Å². The van der Waals surface area contributed by atoms with E-state index in [1.807, 2.05) is 28.5 Å². The molecule has 6 unspecified atom stereocenters. The summed E-state index contributed by atoms with van der Waals surface area (Å²) >= 11 is 0. The van der Waals surface area contributed by atoms with Crippen molar-refractivity contribution in [3.05, 3.63) is 0 Å². The summed E-state index contributed by atoms with van der Waals surface area (Å²) in [5.74, 6) is -9.45. The molecule has 0 aromatic heterocycles. The third-order valence-electron chi connectivity index (χ3n) is 20.4. The molecule has 0 aliphatic carbocycles. The number of ether oxygens (including phenoxy) is 18. The Labute approximate surface area is 741 Å². The molecule has 726 valence electrons. The van der Waals surface area contributed by atoms with Crippen molar-refractivity contribution in [2.45, 2.75) is 228 Å². The van der Waals surface area contributed by atoms with E-state index in [2.05, 4.69) is 13.8 Å². The highest BCUT2D eigenvalue weighted by atomic mass is 16.6. The van der Waals surface area contributed by atoms with Crippen LogP contribution in [-0.4, -0.2) is 339 Å². The van der Waals surface area contributed by atoms with E-state index < -0.39 is 83.4 Å². The number of hydrogen-bond acceptors (Lipinski definition) is 36. The van der Waals surface area contributed by atoms with Gasteiger partial charge in [0.1, 0.15) is 79.3 Å². The molecule has 1 aliphatic heterocycles. The fraction of sp³-hybridized carbons (Fsp3) is 0.865. The fourth-order valence-corrected chi connectivity index (χ4v) is 13.2. The minimum absolute atomic E-state index is 0.000956. The second-order valence-corrected chi connectivity index (χ2v) is 30.7. The van der Waals surface area contributed by atoms with E-state index in [1.54, 1.807) is 13.8 Å². The first-order valence-electron chi connectivity index (χ1n) is 46.1. The summed E-state index contributed by atoms with van der Waals surface area (Å²) in [6.07, 6.45) is 13.9. The van der Waals surface area contributed by atoms with Gasteiger partial charge in [0, 0.05) is 59.1 Å². The number of carbonyl (C=O) groups is 12. The van der Waals surface area contributed by atoms with E-state index in [-0.39, 0.29) is 293 Å². The van der Waals surface area contributed by atoms with Crippen LogP contribution in [0.3, 0.4) is 0 Å². The van der Waals surface area contributed by atoms with Crippen LogP contribution in [0.15, 0.2) is 0 Å². The largest absolute Gasteiger partial charge is 0.463 e. The highest BCUT2D eigenvalue weighted by Crippen LogP contribution is 2.29. The average Bonchev–Trinajstić information content (AvgIpc) is 0.867. The predicted molar refractivity (Wildman–Crippen MR) is 456 cm³/mol. The molecule has 1 aliphatic rings. The highest BCUT2D eigenvalue weighted by molar-refractivity contribution is 5.78. The molecule has 0 amide bonds. The standard InChI is InChI=1S/C89H157N3O33/c1-7-12-14-26-75-27-21-24-72(6)84(102)120-64-52-108-46-58-114-78(96)28-37-90(34-15-18-43-93)41-32-82(100)118-62-50-112-56-68-124-88(106)76(23-10-4)71-77(70-73(11-5)85(103)121-65-53-109-47-59-115-79(97)29-38-91(35-16-19-44-94)40-31-81(99)117-61-49-111-55-67-123-87(75)105)89(107)125-69-57-113-51-63-119-83(101)33-42-92(36-17-20-45-95)39-30-80(98)116-60-48-110-54-66-122-86(104)74(22-9-3)25-13-8-2/h72-77,93-95H,7-71H2,1-6H3. The van der Waals surface area contributed by atoms with Gasteiger partial charge in [-0.1, -0.05) is 92.9 Å². The summed E-state index contributed by atoms with van der Waals surface area (Å²) in [6.45, 7) is 14.1. The molecule has 0 bridgehead atoms. The number of nitrogens with zero attached hydrogens (tertiary/aromatic N) is 3. The summed E-state index contributed by atoms with van der Waals surface area (Å²) in [7, 11) is 0. The molecule has 1 heterocycles. The van der Waals surface area contributed by atoms with Crippen molar-refractivity contribution >= 4 is 71.6 Å². The Morgan fingerprint density at radius 3 is 1.22 bits per heavy atom. The highest BCUT2D eigenvalue weighted by Gasteiger charge is 2.34. The number of aliphatic hydroxyl groups is 3. The Bertz CT molecular complexity index is 2810. The molecule has 1 saturated heterocycles. The van der Waals surface area contributed by atoms with Crippen LogP contribution in [0.4, 0.5) is 0 Å². The zero-order valence-corrected chi connectivity index (χ0v) is 76.4. The Balaban J connectivity index is 3.09. The average molecular weight is 1800 g/mol. The van der Waals surface area contributed by atoms with E-state index in [9.17, 15) is 72.9 Å². The van der Waals surface area contributed by atoms with Crippen LogP contribution in [0, 0.1) is 35.5 Å². The Morgan fingerprint density at radius 2 is 0.792 bits per heavy atom. The molecule has 1 rings (SSSR count). The number of rotatable bonds is 44. The van der Waals surface area contributed by atoms with Gasteiger partial charge >= 0.3 is 71.6 Å². The van der Waals surface area contributed by atoms with Gasteiger partial charge < -0.3 is 115 Å². The summed E-state index contributed by atoms with van der Waals surface area (Å²) in [5, 5.41) is 28.2. The van der Waals surface area contributed by atoms with Crippen molar-refractivity contribution in [1.29, 1.82) is 0 Å².